The second kappa shape index (κ2) is 5.22. The second-order valence-corrected chi connectivity index (χ2v) is 3.72. The van der Waals surface area contributed by atoms with Crippen molar-refractivity contribution in [1.82, 2.24) is 0 Å². The lowest BCUT2D eigenvalue weighted by Gasteiger charge is -2.13. The van der Waals surface area contributed by atoms with Crippen LogP contribution in [0.25, 0.3) is 0 Å². The maximum absolute atomic E-state index is 11.4. The van der Waals surface area contributed by atoms with Gasteiger partial charge in [0, 0.05) is 6.04 Å². The maximum Gasteiger partial charge on any atom is 0.310 e. The van der Waals surface area contributed by atoms with Crippen LogP contribution in [-0.4, -0.2) is 18.6 Å². The summed E-state index contributed by atoms with van der Waals surface area (Å²) in [5, 5.41) is 0. The van der Waals surface area contributed by atoms with Gasteiger partial charge in [0.2, 0.25) is 0 Å². The molecule has 3 nitrogen and oxygen atoms in total. The van der Waals surface area contributed by atoms with Crippen LogP contribution in [0.15, 0.2) is 0 Å². The smallest absolute Gasteiger partial charge is 0.310 e. The van der Waals surface area contributed by atoms with Gasteiger partial charge in [-0.1, -0.05) is 19.8 Å². The number of esters is 1. The third-order valence-electron chi connectivity index (χ3n) is 2.61. The Morgan fingerprint density at radius 2 is 2.31 bits per heavy atom. The molecule has 0 amide bonds. The van der Waals surface area contributed by atoms with Gasteiger partial charge in [-0.25, -0.2) is 0 Å². The van der Waals surface area contributed by atoms with E-state index in [1.165, 1.54) is 0 Å². The normalized spacial score (nSPS) is 27.5. The first-order valence-corrected chi connectivity index (χ1v) is 5.18. The lowest BCUT2D eigenvalue weighted by atomic mass is 10.1. The third-order valence-corrected chi connectivity index (χ3v) is 2.61. The van der Waals surface area contributed by atoms with Gasteiger partial charge >= 0.3 is 5.97 Å². The van der Waals surface area contributed by atoms with E-state index >= 15 is 0 Å². The van der Waals surface area contributed by atoms with Crippen molar-refractivity contribution < 1.29 is 9.53 Å². The van der Waals surface area contributed by atoms with E-state index in [1.54, 1.807) is 0 Å². The van der Waals surface area contributed by atoms with Gasteiger partial charge in [0.05, 0.1) is 12.5 Å². The predicted octanol–water partition coefficient (Wildman–Crippen LogP) is 1.46. The Bertz CT molecular complexity index is 170. The predicted molar refractivity (Wildman–Crippen MR) is 51.2 cm³/mol. The van der Waals surface area contributed by atoms with Gasteiger partial charge in [0.1, 0.15) is 0 Å². The molecule has 0 saturated heterocycles. The molecular weight excluding hydrogens is 166 g/mol. The topological polar surface area (TPSA) is 52.3 Å². The Morgan fingerprint density at radius 3 is 2.85 bits per heavy atom. The molecule has 2 N–H and O–H groups in total. The van der Waals surface area contributed by atoms with Crippen molar-refractivity contribution >= 4 is 5.97 Å². The number of rotatable bonds is 4. The molecule has 13 heavy (non-hydrogen) atoms. The fourth-order valence-electron chi connectivity index (χ4n) is 1.71. The van der Waals surface area contributed by atoms with Crippen molar-refractivity contribution in [3.63, 3.8) is 0 Å². The van der Waals surface area contributed by atoms with Crippen molar-refractivity contribution in [1.29, 1.82) is 0 Å². The minimum atomic E-state index is -0.0848. The first-order valence-electron chi connectivity index (χ1n) is 5.18. The Kier molecular flexibility index (Phi) is 4.22. The molecule has 0 heterocycles. The van der Waals surface area contributed by atoms with Crippen LogP contribution in [0.3, 0.4) is 0 Å². The fraction of sp³-hybridized carbons (Fsp3) is 0.900. The van der Waals surface area contributed by atoms with Gasteiger partial charge in [0.15, 0.2) is 0 Å². The molecule has 2 atom stereocenters. The van der Waals surface area contributed by atoms with Crippen LogP contribution in [0.2, 0.25) is 0 Å². The highest BCUT2D eigenvalue weighted by Gasteiger charge is 2.31. The van der Waals surface area contributed by atoms with Crippen LogP contribution < -0.4 is 5.73 Å². The van der Waals surface area contributed by atoms with Crippen molar-refractivity contribution in [3.8, 4) is 0 Å². The van der Waals surface area contributed by atoms with E-state index < -0.39 is 0 Å². The van der Waals surface area contributed by atoms with E-state index in [1.807, 2.05) is 0 Å². The lowest BCUT2D eigenvalue weighted by molar-refractivity contribution is -0.148. The molecule has 0 spiro atoms. The van der Waals surface area contributed by atoms with E-state index in [4.69, 9.17) is 10.5 Å². The number of hydrogen-bond acceptors (Lipinski definition) is 3. The highest BCUT2D eigenvalue weighted by Crippen LogP contribution is 2.24. The van der Waals surface area contributed by atoms with E-state index in [0.29, 0.717) is 6.61 Å². The van der Waals surface area contributed by atoms with Gasteiger partial charge in [-0.3, -0.25) is 4.79 Å². The highest BCUT2D eigenvalue weighted by molar-refractivity contribution is 5.73. The van der Waals surface area contributed by atoms with E-state index in [2.05, 4.69) is 6.92 Å². The van der Waals surface area contributed by atoms with E-state index in [9.17, 15) is 4.79 Å². The largest absolute Gasteiger partial charge is 0.465 e. The van der Waals surface area contributed by atoms with Crippen molar-refractivity contribution in [2.75, 3.05) is 6.61 Å². The van der Waals surface area contributed by atoms with Crippen LogP contribution >= 0.6 is 0 Å². The molecule has 0 bridgehead atoms. The molecule has 3 heteroatoms. The Labute approximate surface area is 79.6 Å². The molecule has 0 aromatic rings. The average molecular weight is 185 g/mol. The summed E-state index contributed by atoms with van der Waals surface area (Å²) in [6.45, 7) is 2.63. The Hall–Kier alpha value is -0.570. The number of nitrogens with two attached hydrogens (primary N) is 1. The molecule has 1 saturated carbocycles. The van der Waals surface area contributed by atoms with Gasteiger partial charge in [-0.05, 0) is 19.3 Å². The minimum absolute atomic E-state index is 0.0307. The summed E-state index contributed by atoms with van der Waals surface area (Å²) in [4.78, 5) is 11.4. The van der Waals surface area contributed by atoms with Gasteiger partial charge < -0.3 is 10.5 Å². The number of carbonyl (C=O) groups excluding carboxylic acids is 1. The maximum atomic E-state index is 11.4. The molecule has 1 rings (SSSR count). The molecule has 0 radical (unpaired) electrons. The van der Waals surface area contributed by atoms with Crippen LogP contribution in [0.4, 0.5) is 0 Å². The average Bonchev–Trinajstić information content (AvgIpc) is 2.52. The van der Waals surface area contributed by atoms with Crippen molar-refractivity contribution in [2.45, 2.75) is 45.1 Å². The molecule has 0 aromatic carbocycles. The zero-order chi connectivity index (χ0) is 9.68. The van der Waals surface area contributed by atoms with Crippen molar-refractivity contribution in [2.24, 2.45) is 11.7 Å². The molecule has 1 aliphatic carbocycles. The summed E-state index contributed by atoms with van der Waals surface area (Å²) in [7, 11) is 0. The number of ether oxygens (including phenoxy) is 1. The van der Waals surface area contributed by atoms with Crippen LogP contribution in [0, 0.1) is 5.92 Å². The van der Waals surface area contributed by atoms with Crippen LogP contribution in [-0.2, 0) is 9.53 Å². The Balaban J connectivity index is 2.22. The monoisotopic (exact) mass is 185 g/mol. The number of carbonyl (C=O) groups is 1. The first kappa shape index (κ1) is 10.5. The van der Waals surface area contributed by atoms with Crippen molar-refractivity contribution in [3.05, 3.63) is 0 Å². The summed E-state index contributed by atoms with van der Waals surface area (Å²) in [5.74, 6) is -0.115. The molecule has 1 aliphatic rings. The van der Waals surface area contributed by atoms with Gasteiger partial charge in [0.25, 0.3) is 0 Å². The third kappa shape index (κ3) is 2.99. The summed E-state index contributed by atoms with van der Waals surface area (Å²) in [6.07, 6.45) is 4.95. The molecule has 0 aromatic heterocycles. The zero-order valence-corrected chi connectivity index (χ0v) is 8.29. The quantitative estimate of drug-likeness (QED) is 0.533. The molecule has 2 unspecified atom stereocenters. The van der Waals surface area contributed by atoms with E-state index in [-0.39, 0.29) is 17.9 Å². The minimum Gasteiger partial charge on any atom is -0.465 e. The SMILES string of the molecule is CCCCOC(=O)C1CCCC1N. The summed E-state index contributed by atoms with van der Waals surface area (Å²) < 4.78 is 5.12. The van der Waals surface area contributed by atoms with Gasteiger partial charge in [-0.15, -0.1) is 0 Å². The second-order valence-electron chi connectivity index (χ2n) is 3.72. The summed E-state index contributed by atoms with van der Waals surface area (Å²) >= 11 is 0. The van der Waals surface area contributed by atoms with Crippen LogP contribution in [0.1, 0.15) is 39.0 Å². The highest BCUT2D eigenvalue weighted by atomic mass is 16.5. The Morgan fingerprint density at radius 1 is 1.54 bits per heavy atom. The number of unbranched alkanes of at least 4 members (excludes halogenated alkanes) is 1. The zero-order valence-electron chi connectivity index (χ0n) is 8.29. The van der Waals surface area contributed by atoms with Gasteiger partial charge in [-0.2, -0.15) is 0 Å². The standard InChI is InChI=1S/C10H19NO2/c1-2-3-7-13-10(12)8-5-4-6-9(8)11/h8-9H,2-7,11H2,1H3. The molecule has 1 fully saturated rings. The summed E-state index contributed by atoms with van der Waals surface area (Å²) in [5.41, 5.74) is 5.78. The van der Waals surface area contributed by atoms with Crippen LogP contribution in [0.5, 0.6) is 0 Å². The first-order chi connectivity index (χ1) is 6.25. The lowest BCUT2D eigenvalue weighted by Crippen LogP contribution is -2.32. The van der Waals surface area contributed by atoms with E-state index in [0.717, 1.165) is 32.1 Å². The summed E-state index contributed by atoms with van der Waals surface area (Å²) in [6, 6.07) is 0.0362. The molecule has 76 valence electrons. The number of hydrogen-bond donors (Lipinski definition) is 1. The fourth-order valence-corrected chi connectivity index (χ4v) is 1.71. The molecular formula is C10H19NO2. The molecule has 0 aliphatic heterocycles.